The van der Waals surface area contributed by atoms with E-state index in [0.717, 1.165) is 37.1 Å². The number of hydrogen-bond donors (Lipinski definition) is 2. The van der Waals surface area contributed by atoms with Gasteiger partial charge in [0.2, 0.25) is 0 Å². The van der Waals surface area contributed by atoms with E-state index in [0.29, 0.717) is 6.54 Å². The summed E-state index contributed by atoms with van der Waals surface area (Å²) < 4.78 is 1.96. The standard InChI is InChI=1S/C15H24N6S/c1-5-12-7-8-13(22-12)9-17-15(16-6-2)18-10-14-20-19-11(3)21(14)4/h7-8H,5-6,9-10H2,1-4H3,(H2,16,17,18). The summed E-state index contributed by atoms with van der Waals surface area (Å²) in [4.78, 5) is 7.30. The highest BCUT2D eigenvalue weighted by Gasteiger charge is 2.05. The van der Waals surface area contributed by atoms with Gasteiger partial charge in [0.25, 0.3) is 0 Å². The van der Waals surface area contributed by atoms with E-state index >= 15 is 0 Å². The Bertz CT molecular complexity index is 628. The summed E-state index contributed by atoms with van der Waals surface area (Å²) in [6.45, 7) is 8.30. The first-order valence-corrected chi connectivity index (χ1v) is 8.40. The SMILES string of the molecule is CCNC(=NCc1nnc(C)n1C)NCc1ccc(CC)s1. The molecule has 0 unspecified atom stereocenters. The highest BCUT2D eigenvalue weighted by molar-refractivity contribution is 7.11. The Labute approximate surface area is 135 Å². The lowest BCUT2D eigenvalue weighted by atomic mass is 10.4. The summed E-state index contributed by atoms with van der Waals surface area (Å²) >= 11 is 1.84. The third-order valence-corrected chi connectivity index (χ3v) is 4.63. The van der Waals surface area contributed by atoms with Crippen molar-refractivity contribution in [2.45, 2.75) is 40.3 Å². The van der Waals surface area contributed by atoms with Crippen LogP contribution in [0.15, 0.2) is 17.1 Å². The zero-order valence-electron chi connectivity index (χ0n) is 13.7. The van der Waals surface area contributed by atoms with Gasteiger partial charge in [0.15, 0.2) is 11.8 Å². The second-order valence-electron chi connectivity index (χ2n) is 4.99. The Morgan fingerprint density at radius 3 is 2.59 bits per heavy atom. The van der Waals surface area contributed by atoms with Crippen molar-refractivity contribution in [2.24, 2.45) is 12.0 Å². The molecule has 0 aliphatic rings. The van der Waals surface area contributed by atoms with Crippen LogP contribution in [0.1, 0.15) is 35.3 Å². The summed E-state index contributed by atoms with van der Waals surface area (Å²) in [6, 6.07) is 4.36. The maximum Gasteiger partial charge on any atom is 0.191 e. The van der Waals surface area contributed by atoms with Crippen molar-refractivity contribution < 1.29 is 0 Å². The van der Waals surface area contributed by atoms with Crippen LogP contribution in [-0.4, -0.2) is 27.3 Å². The molecule has 0 atom stereocenters. The molecule has 7 heteroatoms. The monoisotopic (exact) mass is 320 g/mol. The van der Waals surface area contributed by atoms with Crippen molar-refractivity contribution in [3.8, 4) is 0 Å². The van der Waals surface area contributed by atoms with E-state index in [1.807, 2.05) is 29.9 Å². The van der Waals surface area contributed by atoms with E-state index < -0.39 is 0 Å². The number of nitrogens with zero attached hydrogens (tertiary/aromatic N) is 4. The minimum Gasteiger partial charge on any atom is -0.357 e. The van der Waals surface area contributed by atoms with Gasteiger partial charge in [0.05, 0.1) is 6.54 Å². The van der Waals surface area contributed by atoms with Crippen LogP contribution in [0.2, 0.25) is 0 Å². The molecule has 0 saturated heterocycles. The Morgan fingerprint density at radius 2 is 2.00 bits per heavy atom. The molecule has 0 radical (unpaired) electrons. The molecule has 0 amide bonds. The third-order valence-electron chi connectivity index (χ3n) is 3.40. The van der Waals surface area contributed by atoms with E-state index in [9.17, 15) is 0 Å². The van der Waals surface area contributed by atoms with Crippen LogP contribution in [0, 0.1) is 6.92 Å². The number of rotatable bonds is 6. The molecule has 0 saturated carbocycles. The van der Waals surface area contributed by atoms with Crippen molar-refractivity contribution in [2.75, 3.05) is 6.54 Å². The third kappa shape index (κ3) is 4.30. The van der Waals surface area contributed by atoms with Crippen LogP contribution in [0.5, 0.6) is 0 Å². The molecule has 0 aromatic carbocycles. The summed E-state index contributed by atoms with van der Waals surface area (Å²) in [7, 11) is 1.96. The summed E-state index contributed by atoms with van der Waals surface area (Å²) in [6.07, 6.45) is 1.09. The van der Waals surface area contributed by atoms with Crippen LogP contribution in [0.3, 0.4) is 0 Å². The van der Waals surface area contributed by atoms with Crippen molar-refractivity contribution in [1.82, 2.24) is 25.4 Å². The fraction of sp³-hybridized carbons (Fsp3) is 0.533. The normalized spacial score (nSPS) is 11.7. The van der Waals surface area contributed by atoms with Crippen molar-refractivity contribution in [3.63, 3.8) is 0 Å². The molecular formula is C15H24N6S. The number of thiophene rings is 1. The minimum atomic E-state index is 0.511. The van der Waals surface area contributed by atoms with Gasteiger partial charge in [-0.25, -0.2) is 4.99 Å². The minimum absolute atomic E-state index is 0.511. The highest BCUT2D eigenvalue weighted by atomic mass is 32.1. The predicted octanol–water partition coefficient (Wildman–Crippen LogP) is 2.00. The molecule has 6 nitrogen and oxygen atoms in total. The van der Waals surface area contributed by atoms with Crippen LogP contribution >= 0.6 is 11.3 Å². The molecule has 0 spiro atoms. The van der Waals surface area contributed by atoms with Gasteiger partial charge in [-0.05, 0) is 32.4 Å². The number of aliphatic imine (C=N–C) groups is 1. The van der Waals surface area contributed by atoms with Crippen molar-refractivity contribution in [1.29, 1.82) is 0 Å². The number of nitrogens with one attached hydrogen (secondary N) is 2. The van der Waals surface area contributed by atoms with Gasteiger partial charge >= 0.3 is 0 Å². The summed E-state index contributed by atoms with van der Waals surface area (Å²) in [5, 5.41) is 14.8. The van der Waals surface area contributed by atoms with Gasteiger partial charge in [0, 0.05) is 23.3 Å². The molecule has 0 aliphatic heterocycles. The first-order chi connectivity index (χ1) is 10.6. The van der Waals surface area contributed by atoms with E-state index in [1.165, 1.54) is 9.75 Å². The smallest absolute Gasteiger partial charge is 0.191 e. The Morgan fingerprint density at radius 1 is 1.23 bits per heavy atom. The van der Waals surface area contributed by atoms with Crippen LogP contribution in [0.4, 0.5) is 0 Å². The quantitative estimate of drug-likeness (QED) is 0.631. The van der Waals surface area contributed by atoms with E-state index in [1.54, 1.807) is 0 Å². The first-order valence-electron chi connectivity index (χ1n) is 7.58. The zero-order valence-corrected chi connectivity index (χ0v) is 14.5. The van der Waals surface area contributed by atoms with E-state index in [-0.39, 0.29) is 0 Å². The molecule has 0 aliphatic carbocycles. The summed E-state index contributed by atoms with van der Waals surface area (Å²) in [5.41, 5.74) is 0. The van der Waals surface area contributed by atoms with Crippen LogP contribution < -0.4 is 10.6 Å². The molecular weight excluding hydrogens is 296 g/mol. The maximum atomic E-state index is 4.58. The molecule has 2 rings (SSSR count). The molecule has 0 bridgehead atoms. The Kier molecular flexibility index (Phi) is 5.94. The fourth-order valence-corrected chi connectivity index (χ4v) is 2.86. The average Bonchev–Trinajstić information content (AvgIpc) is 3.11. The number of guanidine groups is 1. The first kappa shape index (κ1) is 16.5. The predicted molar refractivity (Wildman–Crippen MR) is 91.1 cm³/mol. The number of hydrogen-bond acceptors (Lipinski definition) is 4. The number of aryl methyl sites for hydroxylation is 2. The lowest BCUT2D eigenvalue weighted by Gasteiger charge is -2.10. The molecule has 0 fully saturated rings. The molecule has 22 heavy (non-hydrogen) atoms. The van der Waals surface area contributed by atoms with Crippen molar-refractivity contribution >= 4 is 17.3 Å². The molecule has 2 aromatic rings. The van der Waals surface area contributed by atoms with Gasteiger partial charge in [-0.1, -0.05) is 6.92 Å². The van der Waals surface area contributed by atoms with Gasteiger partial charge < -0.3 is 15.2 Å². The lowest BCUT2D eigenvalue weighted by Crippen LogP contribution is -2.36. The second kappa shape index (κ2) is 7.93. The zero-order chi connectivity index (χ0) is 15.9. The Balaban J connectivity index is 1.96. The van der Waals surface area contributed by atoms with Gasteiger partial charge in [-0.2, -0.15) is 0 Å². The highest BCUT2D eigenvalue weighted by Crippen LogP contribution is 2.16. The fourth-order valence-electron chi connectivity index (χ4n) is 1.96. The summed E-state index contributed by atoms with van der Waals surface area (Å²) in [5.74, 6) is 2.56. The lowest BCUT2D eigenvalue weighted by molar-refractivity contribution is 0.757. The largest absolute Gasteiger partial charge is 0.357 e. The van der Waals surface area contributed by atoms with Crippen molar-refractivity contribution in [3.05, 3.63) is 33.5 Å². The van der Waals surface area contributed by atoms with Gasteiger partial charge in [-0.15, -0.1) is 21.5 Å². The van der Waals surface area contributed by atoms with Gasteiger partial charge in [0.1, 0.15) is 12.4 Å². The molecule has 2 aromatic heterocycles. The number of aromatic nitrogens is 3. The van der Waals surface area contributed by atoms with E-state index in [4.69, 9.17) is 0 Å². The van der Waals surface area contributed by atoms with Crippen LogP contribution in [-0.2, 0) is 26.6 Å². The molecule has 120 valence electrons. The van der Waals surface area contributed by atoms with Gasteiger partial charge in [-0.3, -0.25) is 0 Å². The maximum absolute atomic E-state index is 4.58. The second-order valence-corrected chi connectivity index (χ2v) is 6.25. The van der Waals surface area contributed by atoms with Crippen LogP contribution in [0.25, 0.3) is 0 Å². The topological polar surface area (TPSA) is 67.1 Å². The molecule has 2 heterocycles. The Hall–Kier alpha value is -1.89. The van der Waals surface area contributed by atoms with E-state index in [2.05, 4.69) is 51.8 Å². The average molecular weight is 320 g/mol. The molecule has 2 N–H and O–H groups in total.